The van der Waals surface area contributed by atoms with E-state index in [1.54, 1.807) is 0 Å². The van der Waals surface area contributed by atoms with E-state index in [2.05, 4.69) is 25.6 Å². The number of hydrogen-bond acceptors (Lipinski definition) is 5. The second-order valence-corrected chi connectivity index (χ2v) is 7.09. The molecule has 18 heavy (non-hydrogen) atoms. The molecule has 0 aromatic carbocycles. The van der Waals surface area contributed by atoms with Crippen LogP contribution in [-0.2, 0) is 16.6 Å². The second kappa shape index (κ2) is 5.35. The Labute approximate surface area is 117 Å². The third-order valence-electron chi connectivity index (χ3n) is 2.15. The number of aromatic nitrogens is 1. The maximum absolute atomic E-state index is 12.0. The Morgan fingerprint density at radius 3 is 2.89 bits per heavy atom. The van der Waals surface area contributed by atoms with Gasteiger partial charge in [0, 0.05) is 27.5 Å². The zero-order valence-corrected chi connectivity index (χ0v) is 12.3. The molecule has 0 amide bonds. The van der Waals surface area contributed by atoms with E-state index < -0.39 is 10.0 Å². The van der Waals surface area contributed by atoms with Gasteiger partial charge in [-0.3, -0.25) is 0 Å². The Morgan fingerprint density at radius 2 is 2.28 bits per heavy atom. The summed E-state index contributed by atoms with van der Waals surface area (Å²) in [4.78, 5) is 4.67. The molecule has 0 atom stereocenters. The van der Waals surface area contributed by atoms with Gasteiger partial charge in [0.15, 0.2) is 0 Å². The standard InChI is InChI=1S/C10H10BrN3O2S2/c11-7-4-8(17-6-7)5-14-18(15,16)9-2-1-3-13-10(9)12/h1-4,6,14H,5H2,(H2,12,13). The lowest BCUT2D eigenvalue weighted by molar-refractivity contribution is 0.582. The van der Waals surface area contributed by atoms with Crippen molar-refractivity contribution >= 4 is 43.1 Å². The predicted molar refractivity (Wildman–Crippen MR) is 74.7 cm³/mol. The maximum Gasteiger partial charge on any atom is 0.244 e. The number of nitrogens with one attached hydrogen (secondary N) is 1. The molecule has 5 nitrogen and oxygen atoms in total. The molecule has 8 heteroatoms. The summed E-state index contributed by atoms with van der Waals surface area (Å²) in [5, 5.41) is 1.89. The molecular formula is C10H10BrN3O2S2. The van der Waals surface area contributed by atoms with Crippen molar-refractivity contribution in [1.82, 2.24) is 9.71 Å². The van der Waals surface area contributed by atoms with Gasteiger partial charge in [0.25, 0.3) is 0 Å². The van der Waals surface area contributed by atoms with Crippen LogP contribution < -0.4 is 10.5 Å². The van der Waals surface area contributed by atoms with Gasteiger partial charge < -0.3 is 5.73 Å². The molecule has 0 radical (unpaired) electrons. The van der Waals surface area contributed by atoms with E-state index in [4.69, 9.17) is 5.73 Å². The van der Waals surface area contributed by atoms with Crippen LogP contribution in [0.5, 0.6) is 0 Å². The number of rotatable bonds is 4. The van der Waals surface area contributed by atoms with Crippen LogP contribution in [0, 0.1) is 0 Å². The Bertz CT molecular complexity index is 655. The molecule has 0 spiro atoms. The summed E-state index contributed by atoms with van der Waals surface area (Å²) in [6.07, 6.45) is 1.45. The van der Waals surface area contributed by atoms with E-state index in [9.17, 15) is 8.42 Å². The lowest BCUT2D eigenvalue weighted by Gasteiger charge is -2.06. The first kappa shape index (κ1) is 13.5. The van der Waals surface area contributed by atoms with E-state index in [1.165, 1.54) is 29.7 Å². The second-order valence-electron chi connectivity index (χ2n) is 3.44. The summed E-state index contributed by atoms with van der Waals surface area (Å²) >= 11 is 4.78. The highest BCUT2D eigenvalue weighted by atomic mass is 79.9. The van der Waals surface area contributed by atoms with Gasteiger partial charge in [-0.25, -0.2) is 18.1 Å². The van der Waals surface area contributed by atoms with Gasteiger partial charge in [-0.05, 0) is 34.1 Å². The van der Waals surface area contributed by atoms with Gasteiger partial charge in [-0.15, -0.1) is 11.3 Å². The van der Waals surface area contributed by atoms with Gasteiger partial charge in [0.1, 0.15) is 10.7 Å². The van der Waals surface area contributed by atoms with E-state index in [-0.39, 0.29) is 17.3 Å². The molecule has 2 heterocycles. The Hall–Kier alpha value is -0.960. The number of sulfonamides is 1. The molecule has 0 unspecified atom stereocenters. The highest BCUT2D eigenvalue weighted by molar-refractivity contribution is 9.10. The van der Waals surface area contributed by atoms with Crippen LogP contribution in [-0.4, -0.2) is 13.4 Å². The average molecular weight is 348 g/mol. The van der Waals surface area contributed by atoms with Crippen LogP contribution >= 0.6 is 27.3 Å². The molecule has 0 aliphatic heterocycles. The summed E-state index contributed by atoms with van der Waals surface area (Å²) in [6, 6.07) is 4.82. The molecule has 0 fully saturated rings. The Morgan fingerprint density at radius 1 is 1.50 bits per heavy atom. The number of anilines is 1. The van der Waals surface area contributed by atoms with Crippen LogP contribution in [0.15, 0.2) is 39.1 Å². The number of thiophene rings is 1. The first-order valence-corrected chi connectivity index (χ1v) is 8.08. The first-order chi connectivity index (χ1) is 8.49. The largest absolute Gasteiger partial charge is 0.383 e. The maximum atomic E-state index is 12.0. The topological polar surface area (TPSA) is 85.1 Å². The van der Waals surface area contributed by atoms with Crippen LogP contribution in [0.4, 0.5) is 5.82 Å². The van der Waals surface area contributed by atoms with E-state index in [0.717, 1.165) is 9.35 Å². The van der Waals surface area contributed by atoms with Gasteiger partial charge in [-0.2, -0.15) is 0 Å². The smallest absolute Gasteiger partial charge is 0.244 e. The molecule has 2 aromatic rings. The summed E-state index contributed by atoms with van der Waals surface area (Å²) < 4.78 is 27.4. The summed E-state index contributed by atoms with van der Waals surface area (Å²) in [5.74, 6) is -0.00244. The highest BCUT2D eigenvalue weighted by Gasteiger charge is 2.17. The van der Waals surface area contributed by atoms with Crippen molar-refractivity contribution in [3.05, 3.63) is 39.1 Å². The van der Waals surface area contributed by atoms with Gasteiger partial charge >= 0.3 is 0 Å². The van der Waals surface area contributed by atoms with Crippen molar-refractivity contribution in [2.24, 2.45) is 0 Å². The van der Waals surface area contributed by atoms with Crippen molar-refractivity contribution in [1.29, 1.82) is 0 Å². The van der Waals surface area contributed by atoms with E-state index >= 15 is 0 Å². The third-order valence-corrected chi connectivity index (χ3v) is 5.29. The molecule has 0 saturated heterocycles. The summed E-state index contributed by atoms with van der Waals surface area (Å²) in [5.41, 5.74) is 5.54. The highest BCUT2D eigenvalue weighted by Crippen LogP contribution is 2.20. The minimum atomic E-state index is -3.63. The molecule has 2 aromatic heterocycles. The summed E-state index contributed by atoms with van der Waals surface area (Å²) in [7, 11) is -3.63. The average Bonchev–Trinajstić information content (AvgIpc) is 2.73. The van der Waals surface area contributed by atoms with Crippen LogP contribution in [0.1, 0.15) is 4.88 Å². The zero-order chi connectivity index (χ0) is 13.2. The minimum absolute atomic E-state index is 0.000576. The van der Waals surface area contributed by atoms with Gasteiger partial charge in [0.05, 0.1) is 0 Å². The Kier molecular flexibility index (Phi) is 4.00. The molecular weight excluding hydrogens is 338 g/mol. The fourth-order valence-electron chi connectivity index (χ4n) is 1.32. The Balaban J connectivity index is 2.16. The molecule has 3 N–H and O–H groups in total. The van der Waals surface area contributed by atoms with Crippen molar-refractivity contribution in [2.45, 2.75) is 11.4 Å². The van der Waals surface area contributed by atoms with Crippen LogP contribution in [0.3, 0.4) is 0 Å². The van der Waals surface area contributed by atoms with Crippen molar-refractivity contribution < 1.29 is 8.42 Å². The normalized spacial score (nSPS) is 11.6. The lowest BCUT2D eigenvalue weighted by Crippen LogP contribution is -2.24. The van der Waals surface area contributed by atoms with Crippen molar-refractivity contribution in [2.75, 3.05) is 5.73 Å². The quantitative estimate of drug-likeness (QED) is 0.885. The molecule has 0 saturated carbocycles. The van der Waals surface area contributed by atoms with Gasteiger partial charge in [-0.1, -0.05) is 0 Å². The fraction of sp³-hybridized carbons (Fsp3) is 0.100. The number of hydrogen-bond donors (Lipinski definition) is 2. The monoisotopic (exact) mass is 347 g/mol. The predicted octanol–water partition coefficient (Wildman–Crippen LogP) is 1.97. The summed E-state index contributed by atoms with van der Waals surface area (Å²) in [6.45, 7) is 0.229. The molecule has 0 bridgehead atoms. The first-order valence-electron chi connectivity index (χ1n) is 4.92. The number of halogens is 1. The van der Waals surface area contributed by atoms with Crippen LogP contribution in [0.2, 0.25) is 0 Å². The molecule has 2 rings (SSSR count). The number of pyridine rings is 1. The van der Waals surface area contributed by atoms with Gasteiger partial charge in [0.2, 0.25) is 10.0 Å². The van der Waals surface area contributed by atoms with E-state index in [0.29, 0.717) is 0 Å². The fourth-order valence-corrected chi connectivity index (χ4v) is 3.89. The number of nitrogens with two attached hydrogens (primary N) is 1. The minimum Gasteiger partial charge on any atom is -0.383 e. The lowest BCUT2D eigenvalue weighted by atomic mass is 10.5. The third kappa shape index (κ3) is 3.08. The van der Waals surface area contributed by atoms with Crippen LogP contribution in [0.25, 0.3) is 0 Å². The van der Waals surface area contributed by atoms with E-state index in [1.807, 2.05) is 11.4 Å². The molecule has 96 valence electrons. The van der Waals surface area contributed by atoms with Crippen molar-refractivity contribution in [3.8, 4) is 0 Å². The molecule has 0 aliphatic carbocycles. The SMILES string of the molecule is Nc1ncccc1S(=O)(=O)NCc1cc(Br)cs1. The zero-order valence-electron chi connectivity index (χ0n) is 9.13. The molecule has 0 aliphatic rings. The number of nitrogen functional groups attached to an aromatic ring is 1. The van der Waals surface area contributed by atoms with Crippen molar-refractivity contribution in [3.63, 3.8) is 0 Å². The number of nitrogens with zero attached hydrogens (tertiary/aromatic N) is 1.